The number of aryl methyl sites for hydroxylation is 2. The lowest BCUT2D eigenvalue weighted by Crippen LogP contribution is -2.38. The summed E-state index contributed by atoms with van der Waals surface area (Å²) in [7, 11) is -8.16. The molecule has 0 saturated carbocycles. The maximum absolute atomic E-state index is 14.6. The highest BCUT2D eigenvalue weighted by Crippen LogP contribution is 2.41. The van der Waals surface area contributed by atoms with Crippen LogP contribution in [0.5, 0.6) is 5.75 Å². The number of rotatable bonds is 10. The number of carbonyl (C=O) groups excluding carboxylic acids is 1. The lowest BCUT2D eigenvalue weighted by atomic mass is 10.0. The van der Waals surface area contributed by atoms with E-state index in [9.17, 15) is 26.4 Å². The number of carbonyl (C=O) groups is 1. The van der Waals surface area contributed by atoms with Crippen LogP contribution in [0.1, 0.15) is 31.9 Å². The number of benzene rings is 4. The molecule has 5 rings (SSSR count). The SMILES string of the molecule is Cc1ccc(S(=O)(=O)N(c2c(-c3ccc(OCCN(C)C(=O)OC(C)(C)C)cc3)c(=O)oc3ccccc23)S(=O)(=O)c2ccc(C)cc2)cc1. The molecule has 0 aliphatic heterocycles. The number of anilines is 1. The van der Waals surface area contributed by atoms with Gasteiger partial charge in [0.15, 0.2) is 0 Å². The van der Waals surface area contributed by atoms with Crippen molar-refractivity contribution in [3.63, 3.8) is 0 Å². The highest BCUT2D eigenvalue weighted by Gasteiger charge is 2.41. The molecule has 50 heavy (non-hydrogen) atoms. The van der Waals surface area contributed by atoms with E-state index in [2.05, 4.69) is 0 Å². The van der Waals surface area contributed by atoms with Crippen LogP contribution in [0, 0.1) is 13.8 Å². The molecule has 5 aromatic rings. The summed E-state index contributed by atoms with van der Waals surface area (Å²) in [5.74, 6) is 0.384. The molecule has 4 aromatic carbocycles. The highest BCUT2D eigenvalue weighted by molar-refractivity contribution is 8.10. The van der Waals surface area contributed by atoms with Gasteiger partial charge < -0.3 is 18.8 Å². The van der Waals surface area contributed by atoms with Crippen LogP contribution in [0.2, 0.25) is 0 Å². The standard InChI is InChI=1S/C37H38N2O9S2/c1-25-11-19-29(20-12-25)49(42,43)39(50(44,45)30-21-13-26(2)14-22-30)34-31-9-7-8-10-32(31)47-35(40)33(34)27-15-17-28(18-16-27)46-24-23-38(6)36(41)48-37(3,4)5/h7-22H,23-24H2,1-6H3. The minimum absolute atomic E-state index is 0.00600. The number of ether oxygens (including phenoxy) is 2. The van der Waals surface area contributed by atoms with Gasteiger partial charge in [0.2, 0.25) is 0 Å². The van der Waals surface area contributed by atoms with E-state index in [-0.39, 0.29) is 50.7 Å². The number of amides is 1. The van der Waals surface area contributed by atoms with Crippen molar-refractivity contribution in [3.8, 4) is 16.9 Å². The van der Waals surface area contributed by atoms with Gasteiger partial charge in [-0.15, -0.1) is 0 Å². The second-order valence-electron chi connectivity index (χ2n) is 12.7. The number of hydrogen-bond donors (Lipinski definition) is 0. The first kappa shape index (κ1) is 36.1. The lowest BCUT2D eigenvalue weighted by molar-refractivity contribution is 0.0278. The molecule has 262 valence electrons. The molecule has 1 amide bonds. The van der Waals surface area contributed by atoms with Crippen molar-refractivity contribution in [3.05, 3.63) is 119 Å². The monoisotopic (exact) mass is 718 g/mol. The molecule has 0 spiro atoms. The minimum Gasteiger partial charge on any atom is -0.492 e. The van der Waals surface area contributed by atoms with E-state index in [0.717, 1.165) is 11.1 Å². The Balaban J connectivity index is 1.64. The molecule has 1 heterocycles. The van der Waals surface area contributed by atoms with Gasteiger partial charge in [-0.05, 0) is 88.7 Å². The van der Waals surface area contributed by atoms with Crippen molar-refractivity contribution in [1.82, 2.24) is 4.90 Å². The van der Waals surface area contributed by atoms with E-state index >= 15 is 0 Å². The number of fused-ring (bicyclic) bond motifs is 1. The zero-order chi connectivity index (χ0) is 36.4. The summed E-state index contributed by atoms with van der Waals surface area (Å²) in [6, 6.07) is 23.8. The fraction of sp³-hybridized carbons (Fsp3) is 0.243. The van der Waals surface area contributed by atoms with Crippen molar-refractivity contribution in [2.75, 3.05) is 23.9 Å². The summed E-state index contributed by atoms with van der Waals surface area (Å²) in [6.45, 7) is 9.21. The van der Waals surface area contributed by atoms with Gasteiger partial charge >= 0.3 is 11.7 Å². The second kappa shape index (κ2) is 14.0. The van der Waals surface area contributed by atoms with Crippen molar-refractivity contribution in [2.45, 2.75) is 50.0 Å². The van der Waals surface area contributed by atoms with Crippen LogP contribution in [0.4, 0.5) is 10.5 Å². The molecule has 0 N–H and O–H groups in total. The van der Waals surface area contributed by atoms with Crippen molar-refractivity contribution in [2.24, 2.45) is 0 Å². The third-order valence-electron chi connectivity index (χ3n) is 7.59. The Morgan fingerprint density at radius 3 is 1.80 bits per heavy atom. The van der Waals surface area contributed by atoms with Gasteiger partial charge in [0.05, 0.1) is 27.6 Å². The molecule has 0 fully saturated rings. The van der Waals surface area contributed by atoms with E-state index in [1.165, 1.54) is 53.4 Å². The predicted molar refractivity (Wildman–Crippen MR) is 191 cm³/mol. The van der Waals surface area contributed by atoms with Crippen LogP contribution < -0.4 is 14.1 Å². The third-order valence-corrected chi connectivity index (χ3v) is 11.7. The summed E-state index contributed by atoms with van der Waals surface area (Å²) in [5, 5.41) is 0.0824. The fourth-order valence-electron chi connectivity index (χ4n) is 5.01. The van der Waals surface area contributed by atoms with Crippen LogP contribution in [-0.4, -0.2) is 53.6 Å². The smallest absolute Gasteiger partial charge is 0.410 e. The van der Waals surface area contributed by atoms with Crippen molar-refractivity contribution < 1.29 is 35.5 Å². The predicted octanol–water partition coefficient (Wildman–Crippen LogP) is 6.91. The van der Waals surface area contributed by atoms with Crippen LogP contribution in [0.25, 0.3) is 22.1 Å². The first-order chi connectivity index (χ1) is 23.5. The molecule has 0 aliphatic carbocycles. The van der Waals surface area contributed by atoms with Gasteiger partial charge in [-0.25, -0.2) is 26.4 Å². The highest BCUT2D eigenvalue weighted by atomic mass is 32.3. The Morgan fingerprint density at radius 2 is 1.28 bits per heavy atom. The van der Waals surface area contributed by atoms with Gasteiger partial charge in [0.1, 0.15) is 23.5 Å². The molecule has 11 nitrogen and oxygen atoms in total. The molecule has 1 aromatic heterocycles. The Hall–Kier alpha value is -5.14. The van der Waals surface area contributed by atoms with Crippen LogP contribution in [0.3, 0.4) is 0 Å². The van der Waals surface area contributed by atoms with Crippen molar-refractivity contribution in [1.29, 1.82) is 0 Å². The molecule has 13 heteroatoms. The Labute approximate surface area is 291 Å². The molecule has 0 bridgehead atoms. The summed E-state index contributed by atoms with van der Waals surface area (Å²) in [4.78, 5) is 26.9. The lowest BCUT2D eigenvalue weighted by Gasteiger charge is -2.27. The van der Waals surface area contributed by atoms with Gasteiger partial charge in [-0.2, -0.15) is 3.71 Å². The molecule has 0 radical (unpaired) electrons. The Bertz CT molecular complexity index is 2220. The van der Waals surface area contributed by atoms with Crippen LogP contribution in [0.15, 0.2) is 116 Å². The molecule has 0 unspecified atom stereocenters. The second-order valence-corrected chi connectivity index (χ2v) is 16.5. The Kier molecular flexibility index (Phi) is 10.1. The van der Waals surface area contributed by atoms with Crippen LogP contribution in [-0.2, 0) is 24.8 Å². The van der Waals surface area contributed by atoms with Crippen molar-refractivity contribution >= 4 is 42.8 Å². The zero-order valence-corrected chi connectivity index (χ0v) is 30.2. The van der Waals surface area contributed by atoms with E-state index < -0.39 is 37.4 Å². The summed E-state index contributed by atoms with van der Waals surface area (Å²) >= 11 is 0. The first-order valence-corrected chi connectivity index (χ1v) is 18.5. The van der Waals surface area contributed by atoms with Gasteiger partial charge in [-0.3, -0.25) is 0 Å². The van der Waals surface area contributed by atoms with Gasteiger partial charge in [-0.1, -0.05) is 59.7 Å². The number of hydrogen-bond acceptors (Lipinski definition) is 9. The number of sulfonamides is 2. The largest absolute Gasteiger partial charge is 0.492 e. The van der Waals surface area contributed by atoms with Gasteiger partial charge in [0, 0.05) is 12.4 Å². The summed E-state index contributed by atoms with van der Waals surface area (Å²) in [5.41, 5.74) is -0.560. The quantitative estimate of drug-likeness (QED) is 0.141. The minimum atomic E-state index is -4.87. The number of likely N-dealkylation sites (N-methyl/N-ethyl adjacent to an activating group) is 1. The summed E-state index contributed by atoms with van der Waals surface area (Å²) < 4.78 is 75.5. The third kappa shape index (κ3) is 7.68. The van der Waals surface area contributed by atoms with E-state index in [1.807, 2.05) is 0 Å². The van der Waals surface area contributed by atoms with Gasteiger partial charge in [0.25, 0.3) is 20.0 Å². The number of nitrogens with zero attached hydrogens (tertiary/aromatic N) is 2. The maximum Gasteiger partial charge on any atom is 0.410 e. The average molecular weight is 719 g/mol. The molecule has 0 aliphatic rings. The molecular weight excluding hydrogens is 681 g/mol. The average Bonchev–Trinajstić information content (AvgIpc) is 3.04. The van der Waals surface area contributed by atoms with E-state index in [1.54, 1.807) is 90.2 Å². The molecule has 0 atom stereocenters. The van der Waals surface area contributed by atoms with E-state index in [4.69, 9.17) is 13.9 Å². The fourth-order valence-corrected chi connectivity index (χ4v) is 8.76. The first-order valence-electron chi connectivity index (χ1n) is 15.7. The van der Waals surface area contributed by atoms with E-state index in [0.29, 0.717) is 9.46 Å². The Morgan fingerprint density at radius 1 is 0.760 bits per heavy atom. The topological polar surface area (TPSA) is 140 Å². The molecular formula is C37H38N2O9S2. The summed E-state index contributed by atoms with van der Waals surface area (Å²) in [6.07, 6.45) is -0.502. The normalized spacial score (nSPS) is 12.0. The van der Waals surface area contributed by atoms with Crippen LogP contribution >= 0.6 is 0 Å². The molecule has 0 saturated heterocycles. The maximum atomic E-state index is 14.6. The number of para-hydroxylation sites is 1. The zero-order valence-electron chi connectivity index (χ0n) is 28.5.